The first-order valence-electron chi connectivity index (χ1n) is 7.77. The molecule has 0 saturated carbocycles. The predicted molar refractivity (Wildman–Crippen MR) is 84.6 cm³/mol. The summed E-state index contributed by atoms with van der Waals surface area (Å²) in [5, 5.41) is 10.5. The summed E-state index contributed by atoms with van der Waals surface area (Å²) >= 11 is 0. The Morgan fingerprint density at radius 3 is 2.62 bits per heavy atom. The van der Waals surface area contributed by atoms with Crippen LogP contribution in [0.1, 0.15) is 46.1 Å². The quantitative estimate of drug-likeness (QED) is 0.899. The van der Waals surface area contributed by atoms with E-state index in [1.807, 2.05) is 31.2 Å². The molecular formula is C18H28O3. The highest BCUT2D eigenvalue weighted by molar-refractivity contribution is 5.27. The summed E-state index contributed by atoms with van der Waals surface area (Å²) in [5.41, 5.74) is 0.735. The van der Waals surface area contributed by atoms with E-state index in [0.717, 1.165) is 12.2 Å². The molecule has 2 atom stereocenters. The summed E-state index contributed by atoms with van der Waals surface area (Å²) in [6.45, 7) is 10.9. The SMILES string of the molecule is Cc1cccc(OCCC(O)C2CC(C)(C)OC2(C)C)c1. The molecule has 0 spiro atoms. The Kier molecular flexibility index (Phi) is 4.64. The molecule has 21 heavy (non-hydrogen) atoms. The van der Waals surface area contributed by atoms with Crippen molar-refractivity contribution in [1.29, 1.82) is 0 Å². The van der Waals surface area contributed by atoms with Gasteiger partial charge in [-0.15, -0.1) is 0 Å². The van der Waals surface area contributed by atoms with Crippen molar-refractivity contribution in [1.82, 2.24) is 0 Å². The van der Waals surface area contributed by atoms with E-state index in [0.29, 0.717) is 13.0 Å². The van der Waals surface area contributed by atoms with Gasteiger partial charge in [-0.3, -0.25) is 0 Å². The summed E-state index contributed by atoms with van der Waals surface area (Å²) in [5.74, 6) is 1.01. The highest BCUT2D eigenvalue weighted by atomic mass is 16.5. The van der Waals surface area contributed by atoms with Crippen LogP contribution in [0.4, 0.5) is 0 Å². The largest absolute Gasteiger partial charge is 0.493 e. The highest BCUT2D eigenvalue weighted by Gasteiger charge is 2.48. The van der Waals surface area contributed by atoms with Gasteiger partial charge < -0.3 is 14.6 Å². The van der Waals surface area contributed by atoms with Gasteiger partial charge >= 0.3 is 0 Å². The fraction of sp³-hybridized carbons (Fsp3) is 0.667. The van der Waals surface area contributed by atoms with E-state index in [4.69, 9.17) is 9.47 Å². The Hall–Kier alpha value is -1.06. The van der Waals surface area contributed by atoms with Gasteiger partial charge in [-0.25, -0.2) is 0 Å². The number of ether oxygens (including phenoxy) is 2. The van der Waals surface area contributed by atoms with Gasteiger partial charge in [0.25, 0.3) is 0 Å². The minimum absolute atomic E-state index is 0.147. The van der Waals surface area contributed by atoms with Gasteiger partial charge in [0.1, 0.15) is 5.75 Å². The third kappa shape index (κ3) is 4.21. The minimum atomic E-state index is -0.397. The lowest BCUT2D eigenvalue weighted by molar-refractivity contribution is -0.0887. The number of aryl methyl sites for hydroxylation is 1. The Labute approximate surface area is 128 Å². The van der Waals surface area contributed by atoms with Crippen molar-refractivity contribution in [3.8, 4) is 5.75 Å². The maximum atomic E-state index is 10.5. The van der Waals surface area contributed by atoms with E-state index >= 15 is 0 Å². The van der Waals surface area contributed by atoms with Crippen LogP contribution in [0.2, 0.25) is 0 Å². The first-order valence-corrected chi connectivity index (χ1v) is 7.77. The van der Waals surface area contributed by atoms with Crippen LogP contribution in [0.3, 0.4) is 0 Å². The van der Waals surface area contributed by atoms with E-state index in [9.17, 15) is 5.11 Å². The van der Waals surface area contributed by atoms with Crippen LogP contribution in [0.25, 0.3) is 0 Å². The molecule has 3 heteroatoms. The van der Waals surface area contributed by atoms with Gasteiger partial charge in [-0.1, -0.05) is 12.1 Å². The van der Waals surface area contributed by atoms with E-state index in [1.165, 1.54) is 5.56 Å². The molecule has 1 aromatic carbocycles. The third-order valence-electron chi connectivity index (χ3n) is 4.28. The summed E-state index contributed by atoms with van der Waals surface area (Å²) in [7, 11) is 0. The fourth-order valence-electron chi connectivity index (χ4n) is 3.41. The lowest BCUT2D eigenvalue weighted by Crippen LogP contribution is -2.37. The molecule has 2 unspecified atom stereocenters. The number of hydrogen-bond acceptors (Lipinski definition) is 3. The van der Waals surface area contributed by atoms with E-state index in [1.54, 1.807) is 0 Å². The van der Waals surface area contributed by atoms with Gasteiger partial charge in [0.2, 0.25) is 0 Å². The van der Waals surface area contributed by atoms with Crippen molar-refractivity contribution in [2.45, 2.75) is 64.8 Å². The summed E-state index contributed by atoms with van der Waals surface area (Å²) in [4.78, 5) is 0. The molecule has 1 fully saturated rings. The highest BCUT2D eigenvalue weighted by Crippen LogP contribution is 2.44. The first kappa shape index (κ1) is 16.3. The van der Waals surface area contributed by atoms with Crippen LogP contribution in [-0.2, 0) is 4.74 Å². The van der Waals surface area contributed by atoms with Crippen LogP contribution in [0, 0.1) is 12.8 Å². The van der Waals surface area contributed by atoms with Crippen LogP contribution >= 0.6 is 0 Å². The molecule has 0 aromatic heterocycles. The molecule has 1 N–H and O–H groups in total. The van der Waals surface area contributed by atoms with Gasteiger partial charge in [0.05, 0.1) is 23.9 Å². The van der Waals surface area contributed by atoms with Gasteiger partial charge in [0.15, 0.2) is 0 Å². The smallest absolute Gasteiger partial charge is 0.119 e. The Morgan fingerprint density at radius 1 is 1.33 bits per heavy atom. The van der Waals surface area contributed by atoms with E-state index in [2.05, 4.69) is 27.7 Å². The molecule has 1 aliphatic rings. The second-order valence-electron chi connectivity index (χ2n) is 7.30. The molecule has 0 aliphatic carbocycles. The van der Waals surface area contributed by atoms with Crippen LogP contribution in [-0.4, -0.2) is 29.0 Å². The number of hydrogen-bond donors (Lipinski definition) is 1. The average Bonchev–Trinajstić information content (AvgIpc) is 2.57. The zero-order chi connectivity index (χ0) is 15.7. The lowest BCUT2D eigenvalue weighted by atomic mass is 9.82. The van der Waals surface area contributed by atoms with Crippen molar-refractivity contribution in [3.05, 3.63) is 29.8 Å². The van der Waals surface area contributed by atoms with Crippen molar-refractivity contribution < 1.29 is 14.6 Å². The molecule has 1 heterocycles. The Bertz CT molecular complexity index is 479. The number of rotatable bonds is 5. The Balaban J connectivity index is 1.86. The zero-order valence-electron chi connectivity index (χ0n) is 13.8. The van der Waals surface area contributed by atoms with Crippen molar-refractivity contribution in [3.63, 3.8) is 0 Å². The monoisotopic (exact) mass is 292 g/mol. The molecule has 1 saturated heterocycles. The molecule has 3 nitrogen and oxygen atoms in total. The zero-order valence-corrected chi connectivity index (χ0v) is 13.8. The van der Waals surface area contributed by atoms with Crippen molar-refractivity contribution in [2.75, 3.05) is 6.61 Å². The van der Waals surface area contributed by atoms with E-state index < -0.39 is 6.10 Å². The standard InChI is InChI=1S/C18H28O3/c1-13-7-6-8-14(11-13)20-10-9-16(19)15-12-17(2,3)21-18(15,4)5/h6-8,11,15-16,19H,9-10,12H2,1-5H3. The lowest BCUT2D eigenvalue weighted by Gasteiger charge is -2.30. The van der Waals surface area contributed by atoms with Gasteiger partial charge in [-0.2, -0.15) is 0 Å². The van der Waals surface area contributed by atoms with Crippen LogP contribution in [0.15, 0.2) is 24.3 Å². The number of aliphatic hydroxyl groups is 1. The fourth-order valence-corrected chi connectivity index (χ4v) is 3.41. The molecule has 1 aromatic rings. The summed E-state index contributed by atoms with van der Waals surface area (Å²) in [6.07, 6.45) is 1.11. The van der Waals surface area contributed by atoms with Crippen LogP contribution < -0.4 is 4.74 Å². The predicted octanol–water partition coefficient (Wildman–Crippen LogP) is 3.72. The molecule has 2 rings (SSSR count). The third-order valence-corrected chi connectivity index (χ3v) is 4.28. The molecule has 0 radical (unpaired) electrons. The second-order valence-corrected chi connectivity index (χ2v) is 7.30. The maximum absolute atomic E-state index is 10.5. The molecule has 1 aliphatic heterocycles. The average molecular weight is 292 g/mol. The normalized spacial score (nSPS) is 24.8. The summed E-state index contributed by atoms with van der Waals surface area (Å²) in [6, 6.07) is 7.99. The van der Waals surface area contributed by atoms with Gasteiger partial charge in [0, 0.05) is 12.3 Å². The molecular weight excluding hydrogens is 264 g/mol. The van der Waals surface area contributed by atoms with Crippen molar-refractivity contribution >= 4 is 0 Å². The molecule has 118 valence electrons. The number of benzene rings is 1. The van der Waals surface area contributed by atoms with E-state index in [-0.39, 0.29) is 17.1 Å². The van der Waals surface area contributed by atoms with Gasteiger partial charge in [-0.05, 0) is 58.7 Å². The topological polar surface area (TPSA) is 38.7 Å². The second kappa shape index (κ2) is 5.98. The Morgan fingerprint density at radius 2 is 2.05 bits per heavy atom. The minimum Gasteiger partial charge on any atom is -0.493 e. The first-order chi connectivity index (χ1) is 9.70. The molecule has 0 amide bonds. The summed E-state index contributed by atoms with van der Waals surface area (Å²) < 4.78 is 11.8. The van der Waals surface area contributed by atoms with Crippen LogP contribution in [0.5, 0.6) is 5.75 Å². The maximum Gasteiger partial charge on any atom is 0.119 e. The van der Waals surface area contributed by atoms with Crippen molar-refractivity contribution in [2.24, 2.45) is 5.92 Å². The molecule has 0 bridgehead atoms. The number of aliphatic hydroxyl groups excluding tert-OH is 1.